The van der Waals surface area contributed by atoms with Gasteiger partial charge in [-0.25, -0.2) is 0 Å². The molecule has 0 saturated heterocycles. The number of rotatable bonds is 2. The van der Waals surface area contributed by atoms with Gasteiger partial charge in [-0.2, -0.15) is 0 Å². The van der Waals surface area contributed by atoms with Crippen LogP contribution in [0.5, 0.6) is 5.75 Å². The van der Waals surface area contributed by atoms with E-state index >= 15 is 0 Å². The number of nitrogens with zero attached hydrogens (tertiary/aromatic N) is 1. The molecule has 1 aliphatic heterocycles. The van der Waals surface area contributed by atoms with Crippen molar-refractivity contribution in [3.8, 4) is 5.75 Å². The quantitative estimate of drug-likeness (QED) is 0.847. The van der Waals surface area contributed by atoms with E-state index in [4.69, 9.17) is 5.73 Å². The van der Waals surface area contributed by atoms with Crippen LogP contribution >= 0.6 is 0 Å². The molecule has 3 N–H and O–H groups in total. The summed E-state index contributed by atoms with van der Waals surface area (Å²) < 4.78 is 0. The third-order valence-electron chi connectivity index (χ3n) is 3.54. The minimum Gasteiger partial charge on any atom is -0.508 e. The van der Waals surface area contributed by atoms with Crippen molar-refractivity contribution in [1.29, 1.82) is 0 Å². The van der Waals surface area contributed by atoms with Crippen molar-refractivity contribution in [3.63, 3.8) is 0 Å². The van der Waals surface area contributed by atoms with E-state index in [0.717, 1.165) is 12.2 Å². The number of hydrogen-bond donors (Lipinski definition) is 2. The second kappa shape index (κ2) is 4.35. The SMILES string of the molecule is NCC1c2ccccc2CN1c1ccc(O)cc1. The summed E-state index contributed by atoms with van der Waals surface area (Å²) >= 11 is 0. The minimum atomic E-state index is 0.228. The van der Waals surface area contributed by atoms with Crippen molar-refractivity contribution < 1.29 is 5.11 Å². The molecule has 0 aromatic heterocycles. The zero-order valence-corrected chi connectivity index (χ0v) is 10.1. The van der Waals surface area contributed by atoms with E-state index < -0.39 is 0 Å². The van der Waals surface area contributed by atoms with E-state index in [1.54, 1.807) is 12.1 Å². The third kappa shape index (κ3) is 1.73. The van der Waals surface area contributed by atoms with Gasteiger partial charge < -0.3 is 15.7 Å². The zero-order chi connectivity index (χ0) is 12.5. The van der Waals surface area contributed by atoms with Gasteiger partial charge in [0.05, 0.1) is 6.04 Å². The second-order valence-electron chi connectivity index (χ2n) is 4.59. The number of benzene rings is 2. The van der Waals surface area contributed by atoms with Crippen LogP contribution in [-0.4, -0.2) is 11.7 Å². The second-order valence-corrected chi connectivity index (χ2v) is 4.59. The third-order valence-corrected chi connectivity index (χ3v) is 3.54. The molecule has 0 aliphatic carbocycles. The summed E-state index contributed by atoms with van der Waals surface area (Å²) in [7, 11) is 0. The zero-order valence-electron chi connectivity index (χ0n) is 10.1. The topological polar surface area (TPSA) is 49.5 Å². The van der Waals surface area contributed by atoms with Crippen LogP contribution in [-0.2, 0) is 6.54 Å². The molecule has 0 spiro atoms. The van der Waals surface area contributed by atoms with Gasteiger partial charge in [-0.05, 0) is 35.4 Å². The molecular formula is C15H16N2O. The lowest BCUT2D eigenvalue weighted by atomic mass is 10.1. The molecule has 3 nitrogen and oxygen atoms in total. The molecule has 1 atom stereocenters. The molecule has 0 fully saturated rings. The number of anilines is 1. The highest BCUT2D eigenvalue weighted by Gasteiger charge is 2.28. The Morgan fingerprint density at radius 3 is 2.56 bits per heavy atom. The molecule has 3 heteroatoms. The van der Waals surface area contributed by atoms with Crippen molar-refractivity contribution in [1.82, 2.24) is 0 Å². The Morgan fingerprint density at radius 1 is 1.11 bits per heavy atom. The molecule has 92 valence electrons. The predicted molar refractivity (Wildman–Crippen MR) is 72.5 cm³/mol. The molecule has 2 aromatic carbocycles. The Bertz CT molecular complexity index is 551. The van der Waals surface area contributed by atoms with Crippen LogP contribution in [0.2, 0.25) is 0 Å². The minimum absolute atomic E-state index is 0.228. The fourth-order valence-corrected chi connectivity index (χ4v) is 2.63. The largest absolute Gasteiger partial charge is 0.508 e. The molecule has 0 radical (unpaired) electrons. The Morgan fingerprint density at radius 2 is 1.83 bits per heavy atom. The molecule has 1 aliphatic rings. The van der Waals surface area contributed by atoms with E-state index in [2.05, 4.69) is 29.2 Å². The normalized spacial score (nSPS) is 17.8. The summed E-state index contributed by atoms with van der Waals surface area (Å²) in [6.45, 7) is 1.47. The van der Waals surface area contributed by atoms with Crippen molar-refractivity contribution in [2.75, 3.05) is 11.4 Å². The average Bonchev–Trinajstić information content (AvgIpc) is 2.78. The first kappa shape index (κ1) is 11.1. The van der Waals surface area contributed by atoms with E-state index in [1.807, 2.05) is 12.1 Å². The van der Waals surface area contributed by atoms with E-state index in [0.29, 0.717) is 12.3 Å². The van der Waals surface area contributed by atoms with Crippen LogP contribution in [0.1, 0.15) is 17.2 Å². The Hall–Kier alpha value is -2.00. The number of phenols is 1. The predicted octanol–water partition coefficient (Wildman–Crippen LogP) is 2.41. The maximum Gasteiger partial charge on any atom is 0.115 e. The highest BCUT2D eigenvalue weighted by molar-refractivity contribution is 5.56. The number of fused-ring (bicyclic) bond motifs is 1. The van der Waals surface area contributed by atoms with Gasteiger partial charge in [0, 0.05) is 18.8 Å². The summed E-state index contributed by atoms with van der Waals surface area (Å²) in [5.74, 6) is 0.291. The highest BCUT2D eigenvalue weighted by Crippen LogP contribution is 2.37. The van der Waals surface area contributed by atoms with Crippen LogP contribution in [0.25, 0.3) is 0 Å². The van der Waals surface area contributed by atoms with E-state index in [-0.39, 0.29) is 6.04 Å². The molecule has 0 saturated carbocycles. The number of phenolic OH excluding ortho intramolecular Hbond substituents is 1. The van der Waals surface area contributed by atoms with Crippen molar-refractivity contribution in [2.24, 2.45) is 5.73 Å². The maximum atomic E-state index is 9.35. The first-order chi connectivity index (χ1) is 8.79. The molecule has 3 rings (SSSR count). The van der Waals surface area contributed by atoms with Crippen molar-refractivity contribution >= 4 is 5.69 Å². The first-order valence-corrected chi connectivity index (χ1v) is 6.13. The molecule has 1 heterocycles. The fourth-order valence-electron chi connectivity index (χ4n) is 2.63. The van der Waals surface area contributed by atoms with Crippen LogP contribution in [0.4, 0.5) is 5.69 Å². The molecular weight excluding hydrogens is 224 g/mol. The number of nitrogens with two attached hydrogens (primary N) is 1. The monoisotopic (exact) mass is 240 g/mol. The van der Waals surface area contributed by atoms with Gasteiger partial charge in [-0.3, -0.25) is 0 Å². The average molecular weight is 240 g/mol. The summed E-state index contributed by atoms with van der Waals surface area (Å²) in [5, 5.41) is 9.35. The van der Waals surface area contributed by atoms with Gasteiger partial charge in [-0.15, -0.1) is 0 Å². The number of aromatic hydroxyl groups is 1. The van der Waals surface area contributed by atoms with Crippen LogP contribution in [0.3, 0.4) is 0 Å². The molecule has 2 aromatic rings. The van der Waals surface area contributed by atoms with E-state index in [1.165, 1.54) is 11.1 Å². The molecule has 1 unspecified atom stereocenters. The lowest BCUT2D eigenvalue weighted by molar-refractivity contribution is 0.475. The summed E-state index contributed by atoms with van der Waals surface area (Å²) in [5.41, 5.74) is 9.66. The highest BCUT2D eigenvalue weighted by atomic mass is 16.3. The summed E-state index contributed by atoms with van der Waals surface area (Å²) in [6.07, 6.45) is 0. The lowest BCUT2D eigenvalue weighted by Crippen LogP contribution is -2.27. The Kier molecular flexibility index (Phi) is 2.68. The molecule has 0 bridgehead atoms. The van der Waals surface area contributed by atoms with E-state index in [9.17, 15) is 5.11 Å². The maximum absolute atomic E-state index is 9.35. The Labute approximate surface area is 106 Å². The smallest absolute Gasteiger partial charge is 0.115 e. The van der Waals surface area contributed by atoms with Gasteiger partial charge in [0.2, 0.25) is 0 Å². The summed E-state index contributed by atoms with van der Waals surface area (Å²) in [6, 6.07) is 15.9. The lowest BCUT2D eigenvalue weighted by Gasteiger charge is -2.26. The van der Waals surface area contributed by atoms with Crippen LogP contribution < -0.4 is 10.6 Å². The summed E-state index contributed by atoms with van der Waals surface area (Å²) in [4.78, 5) is 2.28. The Balaban J connectivity index is 1.98. The van der Waals surface area contributed by atoms with Crippen molar-refractivity contribution in [2.45, 2.75) is 12.6 Å². The molecule has 18 heavy (non-hydrogen) atoms. The van der Waals surface area contributed by atoms with Crippen molar-refractivity contribution in [3.05, 3.63) is 59.7 Å². The van der Waals surface area contributed by atoms with Crippen LogP contribution in [0, 0.1) is 0 Å². The fraction of sp³-hybridized carbons (Fsp3) is 0.200. The number of hydrogen-bond acceptors (Lipinski definition) is 3. The first-order valence-electron chi connectivity index (χ1n) is 6.13. The van der Waals surface area contributed by atoms with Gasteiger partial charge in [0.1, 0.15) is 5.75 Å². The molecule has 0 amide bonds. The van der Waals surface area contributed by atoms with Gasteiger partial charge in [-0.1, -0.05) is 24.3 Å². The van der Waals surface area contributed by atoms with Gasteiger partial charge in [0.15, 0.2) is 0 Å². The standard InChI is InChI=1S/C15H16N2O/c16-9-15-14-4-2-1-3-11(14)10-17(15)12-5-7-13(18)8-6-12/h1-8,15,18H,9-10,16H2. The van der Waals surface area contributed by atoms with Gasteiger partial charge >= 0.3 is 0 Å². The van der Waals surface area contributed by atoms with Gasteiger partial charge in [0.25, 0.3) is 0 Å². The van der Waals surface area contributed by atoms with Crippen LogP contribution in [0.15, 0.2) is 48.5 Å².